The number of aliphatic imine (C=N–C) groups is 1. The number of oxime groups is 1. The molecule has 2 atom stereocenters. The Labute approximate surface area is 278 Å². The van der Waals surface area contributed by atoms with Crippen LogP contribution in [0.5, 0.6) is 5.75 Å². The normalized spacial score (nSPS) is 16.9. The van der Waals surface area contributed by atoms with Crippen LogP contribution in [0.4, 0.5) is 4.39 Å². The lowest BCUT2D eigenvalue weighted by atomic mass is 10.0. The zero-order valence-corrected chi connectivity index (χ0v) is 28.1. The molecule has 1 aliphatic carbocycles. The molecule has 47 heavy (non-hydrogen) atoms. The third kappa shape index (κ3) is 14.7. The highest BCUT2D eigenvalue weighted by Crippen LogP contribution is 2.20. The molecule has 2 N–H and O–H groups in total. The van der Waals surface area contributed by atoms with E-state index in [0.29, 0.717) is 45.8 Å². The number of benzene rings is 1. The summed E-state index contributed by atoms with van der Waals surface area (Å²) < 4.78 is 25.0. The quantitative estimate of drug-likeness (QED) is 0.0873. The summed E-state index contributed by atoms with van der Waals surface area (Å²) in [7, 11) is 0. The van der Waals surface area contributed by atoms with Crippen molar-refractivity contribution in [2.24, 2.45) is 16.1 Å². The number of para-hydroxylation sites is 1. The molecule has 11 heteroatoms. The lowest BCUT2D eigenvalue weighted by Crippen LogP contribution is -2.52. The largest absolute Gasteiger partial charge is 0.492 e. The molecule has 1 fully saturated rings. The van der Waals surface area contributed by atoms with Gasteiger partial charge in [0.1, 0.15) is 18.2 Å². The summed E-state index contributed by atoms with van der Waals surface area (Å²) in [4.78, 5) is 37.0. The summed E-state index contributed by atoms with van der Waals surface area (Å²) in [6.07, 6.45) is 13.2. The van der Waals surface area contributed by atoms with E-state index in [0.717, 1.165) is 30.0 Å². The van der Waals surface area contributed by atoms with Crippen molar-refractivity contribution in [1.29, 1.82) is 0 Å². The number of allylic oxidation sites excluding steroid dienone is 9. The fourth-order valence-electron chi connectivity index (χ4n) is 4.58. The van der Waals surface area contributed by atoms with E-state index < -0.39 is 5.91 Å². The van der Waals surface area contributed by atoms with Crippen LogP contribution in [-0.2, 0) is 19.2 Å². The molecular weight excluding hydrogens is 601 g/mol. The van der Waals surface area contributed by atoms with Gasteiger partial charge in [0, 0.05) is 39.4 Å². The van der Waals surface area contributed by atoms with Crippen molar-refractivity contribution in [3.05, 3.63) is 89.8 Å². The number of carbonyl (C=O) groups is 2. The molecule has 1 aromatic carbocycles. The number of halogens is 1. The molecule has 0 bridgehead atoms. The van der Waals surface area contributed by atoms with Crippen molar-refractivity contribution < 1.29 is 28.3 Å². The van der Waals surface area contributed by atoms with Gasteiger partial charge in [-0.25, -0.2) is 9.38 Å². The number of amides is 2. The number of hydrogen-bond donors (Lipinski definition) is 2. The van der Waals surface area contributed by atoms with E-state index in [1.807, 2.05) is 75.4 Å². The molecule has 2 unspecified atom stereocenters. The van der Waals surface area contributed by atoms with Crippen molar-refractivity contribution in [1.82, 2.24) is 15.5 Å². The lowest BCUT2D eigenvalue weighted by molar-refractivity contribution is -0.123. The first-order valence-corrected chi connectivity index (χ1v) is 16.2. The Morgan fingerprint density at radius 1 is 1.13 bits per heavy atom. The van der Waals surface area contributed by atoms with Gasteiger partial charge in [0.05, 0.1) is 25.2 Å². The Kier molecular flexibility index (Phi) is 19.0. The number of morpholine rings is 1. The maximum atomic E-state index is 13.5. The highest BCUT2D eigenvalue weighted by atomic mass is 19.1. The van der Waals surface area contributed by atoms with Crippen LogP contribution in [0.3, 0.4) is 0 Å². The second-order valence-corrected chi connectivity index (χ2v) is 10.4. The van der Waals surface area contributed by atoms with E-state index in [4.69, 9.17) is 14.3 Å². The van der Waals surface area contributed by atoms with E-state index in [1.165, 1.54) is 12.2 Å². The third-order valence-electron chi connectivity index (χ3n) is 7.18. The van der Waals surface area contributed by atoms with Gasteiger partial charge < -0.3 is 24.9 Å². The average molecular weight is 652 g/mol. The monoisotopic (exact) mass is 651 g/mol. The van der Waals surface area contributed by atoms with E-state index in [9.17, 15) is 14.0 Å². The molecule has 0 spiro atoms. The van der Waals surface area contributed by atoms with Gasteiger partial charge in [0.25, 0.3) is 0 Å². The summed E-state index contributed by atoms with van der Waals surface area (Å²) in [5, 5.41) is 9.14. The topological polar surface area (TPSA) is 114 Å². The van der Waals surface area contributed by atoms with E-state index in [-0.39, 0.29) is 36.1 Å². The highest BCUT2D eigenvalue weighted by Gasteiger charge is 2.24. The van der Waals surface area contributed by atoms with Crippen LogP contribution in [0.25, 0.3) is 0 Å². The Bertz CT molecular complexity index is 1300. The second kappa shape index (κ2) is 23.0. The highest BCUT2D eigenvalue weighted by molar-refractivity contribution is 6.35. The van der Waals surface area contributed by atoms with E-state index in [2.05, 4.69) is 32.4 Å². The summed E-state index contributed by atoms with van der Waals surface area (Å²) in [6.45, 7) is 15.0. The van der Waals surface area contributed by atoms with Crippen molar-refractivity contribution in [2.45, 2.75) is 46.6 Å². The number of hydrogen-bond acceptors (Lipinski definition) is 8. The minimum absolute atomic E-state index is 0.0912. The number of nitrogens with zero attached hydrogens (tertiary/aromatic N) is 3. The summed E-state index contributed by atoms with van der Waals surface area (Å²) in [6, 6.07) is 9.43. The first kappa shape index (κ1) is 38.8. The minimum atomic E-state index is -0.514. The van der Waals surface area contributed by atoms with Crippen LogP contribution in [0.1, 0.15) is 40.5 Å². The number of ether oxygens (including phenoxy) is 2. The molecular formula is C36H50FN5O5. The van der Waals surface area contributed by atoms with Gasteiger partial charge >= 0.3 is 11.8 Å². The molecule has 0 aromatic heterocycles. The predicted octanol–water partition coefficient (Wildman–Crippen LogP) is 5.32. The Hall–Kier alpha value is -4.35. The van der Waals surface area contributed by atoms with Gasteiger partial charge in [-0.3, -0.25) is 14.5 Å². The molecule has 1 heterocycles. The van der Waals surface area contributed by atoms with Gasteiger partial charge in [-0.05, 0) is 55.2 Å². The second-order valence-electron chi connectivity index (χ2n) is 10.4. The van der Waals surface area contributed by atoms with Crippen molar-refractivity contribution in [3.8, 4) is 5.75 Å². The zero-order chi connectivity index (χ0) is 34.3. The molecule has 0 radical (unpaired) electrons. The molecule has 3 rings (SSSR count). The number of nitrogens with one attached hydrogen (secondary N) is 2. The molecule has 1 aromatic rings. The molecule has 1 aliphatic heterocycles. The average Bonchev–Trinajstić information content (AvgIpc) is 3.33. The Morgan fingerprint density at radius 3 is 2.57 bits per heavy atom. The number of carbonyl (C=O) groups excluding carboxylic acids is 2. The van der Waals surface area contributed by atoms with Crippen molar-refractivity contribution in [2.75, 3.05) is 52.5 Å². The maximum absolute atomic E-state index is 13.5. The van der Waals surface area contributed by atoms with Crippen LogP contribution in [0.15, 0.2) is 100.0 Å². The first-order valence-electron chi connectivity index (χ1n) is 16.2. The third-order valence-corrected chi connectivity index (χ3v) is 7.18. The van der Waals surface area contributed by atoms with Gasteiger partial charge in [0.15, 0.2) is 0 Å². The maximum Gasteiger partial charge on any atom is 0.309 e. The molecule has 2 aliphatic rings. The predicted molar refractivity (Wildman–Crippen MR) is 186 cm³/mol. The van der Waals surface area contributed by atoms with Crippen LogP contribution < -0.4 is 15.4 Å². The summed E-state index contributed by atoms with van der Waals surface area (Å²) in [5.74, 6) is -0.747. The fraction of sp³-hybridized carbons (Fsp3) is 0.444. The molecule has 0 saturated carbocycles. The van der Waals surface area contributed by atoms with E-state index in [1.54, 1.807) is 13.0 Å². The molecule has 256 valence electrons. The van der Waals surface area contributed by atoms with Gasteiger partial charge in [0.2, 0.25) is 5.91 Å². The molecule has 2 amide bonds. The SMILES string of the molecule is C=NOC(=NCCCNC(=O)C(C)/C=C\C(=C/C)C1=CCC=C(F)C=C1)C(=O)NCC(COc1ccccc1)N1CCOCC1.CC. The van der Waals surface area contributed by atoms with E-state index >= 15 is 0 Å². The Balaban J connectivity index is 0.00000376. The smallest absolute Gasteiger partial charge is 0.309 e. The minimum Gasteiger partial charge on any atom is -0.492 e. The lowest BCUT2D eigenvalue weighted by Gasteiger charge is -2.34. The van der Waals surface area contributed by atoms with Gasteiger partial charge in [-0.15, -0.1) is 0 Å². The van der Waals surface area contributed by atoms with Gasteiger partial charge in [-0.1, -0.05) is 74.5 Å². The number of rotatable bonds is 15. The van der Waals surface area contributed by atoms with Crippen LogP contribution in [0, 0.1) is 5.92 Å². The van der Waals surface area contributed by atoms with Crippen molar-refractivity contribution >= 4 is 24.4 Å². The molecule has 1 saturated heterocycles. The summed E-state index contributed by atoms with van der Waals surface area (Å²) in [5.41, 5.74) is 1.81. The van der Waals surface area contributed by atoms with Crippen molar-refractivity contribution in [3.63, 3.8) is 0 Å². The van der Waals surface area contributed by atoms with Crippen LogP contribution >= 0.6 is 0 Å². The summed E-state index contributed by atoms with van der Waals surface area (Å²) >= 11 is 0. The molecule has 10 nitrogen and oxygen atoms in total. The fourth-order valence-corrected chi connectivity index (χ4v) is 4.58. The van der Waals surface area contributed by atoms with Crippen LogP contribution in [-0.4, -0.2) is 87.9 Å². The standard InChI is InChI=1S/C34H44FN5O5.C2H6/c1-4-27(28-10-8-11-29(35)17-16-28)15-14-26(2)32(41)37-18-9-19-38-34(45-36-3)33(42)39-24-30(40-20-22-43-23-21-40)25-44-31-12-6-5-7-13-31;1-2/h4-7,10-17,26,30H,3,8-9,18-25H2,1-2H3,(H,37,41)(H,39,42);1-2H3/b15-14-,27-4+,38-34?;. The first-order chi connectivity index (χ1) is 22.9. The Morgan fingerprint density at radius 2 is 1.87 bits per heavy atom. The van der Waals surface area contributed by atoms with Crippen LogP contribution in [0.2, 0.25) is 0 Å². The van der Waals surface area contributed by atoms with Gasteiger partial charge in [-0.2, -0.15) is 0 Å². The zero-order valence-electron chi connectivity index (χ0n) is 28.1.